The minimum atomic E-state index is -1.75. The molecule has 0 bridgehead atoms. The summed E-state index contributed by atoms with van der Waals surface area (Å²) in [5.41, 5.74) is 0.586. The van der Waals surface area contributed by atoms with Crippen molar-refractivity contribution in [2.45, 2.75) is 182 Å². The lowest BCUT2D eigenvalue weighted by Gasteiger charge is -2.66. The van der Waals surface area contributed by atoms with Gasteiger partial charge in [-0.15, -0.1) is 0 Å². The molecule has 12 atom stereocenters. The molecule has 0 aromatic rings. The van der Waals surface area contributed by atoms with Gasteiger partial charge in [-0.3, -0.25) is 0 Å². The van der Waals surface area contributed by atoms with E-state index in [0.717, 1.165) is 12.5 Å². The van der Waals surface area contributed by atoms with Gasteiger partial charge >= 0.3 is 0 Å². The Balaban J connectivity index is 1.65. The van der Waals surface area contributed by atoms with E-state index in [0.29, 0.717) is 59.2 Å². The molecule has 4 aliphatic carbocycles. The summed E-state index contributed by atoms with van der Waals surface area (Å²) >= 11 is 0. The predicted molar refractivity (Wildman–Crippen MR) is 207 cm³/mol. The first-order chi connectivity index (χ1) is 20.8. The van der Waals surface area contributed by atoms with Crippen LogP contribution >= 0.6 is 0 Å². The Bertz CT molecular complexity index is 1010. The Morgan fingerprint density at radius 1 is 0.652 bits per heavy atom. The predicted octanol–water partition coefficient (Wildman–Crippen LogP) is 11.4. The summed E-state index contributed by atoms with van der Waals surface area (Å²) in [7, 11) is -6.52. The molecule has 0 aliphatic heterocycles. The third kappa shape index (κ3) is 9.32. The second kappa shape index (κ2) is 14.0. The molecular formula is C38H78O4Si4. The summed E-state index contributed by atoms with van der Waals surface area (Å²) in [5, 5.41) is 0. The van der Waals surface area contributed by atoms with Gasteiger partial charge in [-0.2, -0.15) is 0 Å². The molecule has 4 saturated carbocycles. The Hall–Kier alpha value is 0.708. The monoisotopic (exact) mass is 710 g/mol. The molecule has 0 amide bonds. The van der Waals surface area contributed by atoms with Crippen LogP contribution in [-0.4, -0.2) is 58.2 Å². The van der Waals surface area contributed by atoms with Crippen molar-refractivity contribution < 1.29 is 17.7 Å². The Morgan fingerprint density at radius 3 is 1.83 bits per heavy atom. The van der Waals surface area contributed by atoms with Gasteiger partial charge in [0, 0.05) is 18.8 Å². The van der Waals surface area contributed by atoms with E-state index in [1.54, 1.807) is 0 Å². The van der Waals surface area contributed by atoms with Crippen LogP contribution in [0.3, 0.4) is 0 Å². The fourth-order valence-corrected chi connectivity index (χ4v) is 15.4. The molecule has 0 N–H and O–H groups in total. The van der Waals surface area contributed by atoms with Gasteiger partial charge < -0.3 is 17.7 Å². The van der Waals surface area contributed by atoms with Crippen LogP contribution in [0.15, 0.2) is 0 Å². The highest BCUT2D eigenvalue weighted by atomic mass is 28.4. The van der Waals surface area contributed by atoms with Gasteiger partial charge in [0.25, 0.3) is 0 Å². The van der Waals surface area contributed by atoms with Crippen LogP contribution in [0.5, 0.6) is 0 Å². The minimum absolute atomic E-state index is 0.224. The van der Waals surface area contributed by atoms with Crippen LogP contribution in [0.1, 0.15) is 85.5 Å². The van der Waals surface area contributed by atoms with Gasteiger partial charge in [0.2, 0.25) is 0 Å². The third-order valence-electron chi connectivity index (χ3n) is 12.9. The molecule has 0 heterocycles. The van der Waals surface area contributed by atoms with Gasteiger partial charge in [0.1, 0.15) is 0 Å². The van der Waals surface area contributed by atoms with E-state index in [9.17, 15) is 0 Å². The smallest absolute Gasteiger partial charge is 0.184 e. The minimum Gasteiger partial charge on any atom is -0.417 e. The molecule has 4 nitrogen and oxygen atoms in total. The molecule has 4 rings (SSSR count). The molecule has 4 fully saturated rings. The van der Waals surface area contributed by atoms with E-state index in [1.165, 1.54) is 57.8 Å². The van der Waals surface area contributed by atoms with Crippen LogP contribution in [-0.2, 0) is 17.7 Å². The standard InChI is InChI=1S/C38H78O4Si4/c1-27(26-39-43(5,6)7)17-18-28(2)31-19-20-32-36-33(25-35(38(31,32)4)42-46(14,15)16)37(3)22-21-30(40-44(8,9)10)23-29(37)24-34(36)41-45(11,12)13/h27-36H,17-26H2,1-16H3/t27?,28?,29-,30+,31?,32?,33?,34?,35-,36?,37?,38?/m0/s1. The molecule has 46 heavy (non-hydrogen) atoms. The molecule has 0 aromatic carbocycles. The van der Waals surface area contributed by atoms with Crippen molar-refractivity contribution in [2.24, 2.45) is 52.3 Å². The molecule has 4 aliphatic rings. The molecule has 0 saturated heterocycles. The van der Waals surface area contributed by atoms with Gasteiger partial charge in [-0.25, -0.2) is 0 Å². The molecule has 9 unspecified atom stereocenters. The molecule has 0 aromatic heterocycles. The zero-order valence-electron chi connectivity index (χ0n) is 33.5. The second-order valence-electron chi connectivity index (χ2n) is 21.2. The van der Waals surface area contributed by atoms with Crippen molar-refractivity contribution >= 4 is 33.3 Å². The summed E-state index contributed by atoms with van der Waals surface area (Å²) in [6, 6.07) is 0. The van der Waals surface area contributed by atoms with Crippen LogP contribution in [0.2, 0.25) is 78.6 Å². The highest BCUT2D eigenvalue weighted by Gasteiger charge is 2.67. The SMILES string of the molecule is CC(CCC(C)C1CCC2C3C(O[Si](C)(C)C)C[C@@H]4C[C@H](O[Si](C)(C)C)CCC4(C)C3C[C@H](O[Si](C)(C)C)C12C)CO[Si](C)(C)C. The molecule has 270 valence electrons. The van der Waals surface area contributed by atoms with E-state index in [-0.39, 0.29) is 5.41 Å². The Kier molecular flexibility index (Phi) is 12.0. The average Bonchev–Trinajstić information content (AvgIpc) is 3.22. The van der Waals surface area contributed by atoms with Crippen molar-refractivity contribution in [3.8, 4) is 0 Å². The topological polar surface area (TPSA) is 36.9 Å². The fourth-order valence-electron chi connectivity index (χ4n) is 11.1. The summed E-state index contributed by atoms with van der Waals surface area (Å²) < 4.78 is 27.9. The summed E-state index contributed by atoms with van der Waals surface area (Å²) in [6.07, 6.45) is 12.8. The summed E-state index contributed by atoms with van der Waals surface area (Å²) in [4.78, 5) is 0. The van der Waals surface area contributed by atoms with Gasteiger partial charge in [0.05, 0.1) is 6.10 Å². The maximum Gasteiger partial charge on any atom is 0.184 e. The molecular weight excluding hydrogens is 633 g/mol. The number of fused-ring (bicyclic) bond motifs is 5. The quantitative estimate of drug-likeness (QED) is 0.178. The number of hydrogen-bond donors (Lipinski definition) is 0. The van der Waals surface area contributed by atoms with Crippen molar-refractivity contribution in [2.75, 3.05) is 6.61 Å². The summed E-state index contributed by atoms with van der Waals surface area (Å²) in [5.74, 6) is 4.81. The Labute approximate surface area is 291 Å². The van der Waals surface area contributed by atoms with E-state index in [4.69, 9.17) is 17.7 Å². The van der Waals surface area contributed by atoms with Crippen molar-refractivity contribution in [3.05, 3.63) is 0 Å². The first kappa shape index (κ1) is 39.5. The maximum absolute atomic E-state index is 7.45. The zero-order valence-corrected chi connectivity index (χ0v) is 37.5. The van der Waals surface area contributed by atoms with Gasteiger partial charge in [-0.1, -0.05) is 34.1 Å². The first-order valence-corrected chi connectivity index (χ1v) is 33.1. The van der Waals surface area contributed by atoms with Crippen LogP contribution in [0.25, 0.3) is 0 Å². The maximum atomic E-state index is 7.45. The zero-order chi connectivity index (χ0) is 34.7. The van der Waals surface area contributed by atoms with Crippen molar-refractivity contribution in [3.63, 3.8) is 0 Å². The van der Waals surface area contributed by atoms with Crippen LogP contribution in [0, 0.1) is 52.3 Å². The fraction of sp³-hybridized carbons (Fsp3) is 1.00. The van der Waals surface area contributed by atoms with E-state index >= 15 is 0 Å². The van der Waals surface area contributed by atoms with E-state index in [1.807, 2.05) is 0 Å². The highest BCUT2D eigenvalue weighted by Crippen LogP contribution is 2.69. The lowest BCUT2D eigenvalue weighted by atomic mass is 9.43. The number of hydrogen-bond acceptors (Lipinski definition) is 4. The summed E-state index contributed by atoms with van der Waals surface area (Å²) in [6.45, 7) is 40.0. The van der Waals surface area contributed by atoms with E-state index < -0.39 is 33.3 Å². The Morgan fingerprint density at radius 2 is 1.26 bits per heavy atom. The molecule has 8 heteroatoms. The lowest BCUT2D eigenvalue weighted by molar-refractivity contribution is -0.199. The van der Waals surface area contributed by atoms with Crippen LogP contribution in [0.4, 0.5) is 0 Å². The normalized spacial score (nSPS) is 40.2. The largest absolute Gasteiger partial charge is 0.417 e. The first-order valence-electron chi connectivity index (χ1n) is 19.5. The lowest BCUT2D eigenvalue weighted by Crippen LogP contribution is -2.64. The second-order valence-corrected chi connectivity index (χ2v) is 39.1. The van der Waals surface area contributed by atoms with Gasteiger partial charge in [-0.05, 0) is 182 Å². The molecule has 0 radical (unpaired) electrons. The van der Waals surface area contributed by atoms with Crippen LogP contribution < -0.4 is 0 Å². The van der Waals surface area contributed by atoms with Crippen molar-refractivity contribution in [1.82, 2.24) is 0 Å². The van der Waals surface area contributed by atoms with E-state index in [2.05, 4.69) is 106 Å². The number of rotatable bonds is 13. The third-order valence-corrected chi connectivity index (χ3v) is 17.0. The van der Waals surface area contributed by atoms with Crippen molar-refractivity contribution in [1.29, 1.82) is 0 Å². The molecule has 0 spiro atoms. The van der Waals surface area contributed by atoms with Gasteiger partial charge in [0.15, 0.2) is 33.3 Å². The average molecular weight is 711 g/mol. The highest BCUT2D eigenvalue weighted by molar-refractivity contribution is 6.70.